The van der Waals surface area contributed by atoms with Gasteiger partial charge in [0.25, 0.3) is 0 Å². The van der Waals surface area contributed by atoms with Crippen molar-refractivity contribution >= 4 is 11.8 Å². The molecule has 26 heavy (non-hydrogen) atoms. The number of amides is 2. The molecule has 0 bridgehead atoms. The van der Waals surface area contributed by atoms with Gasteiger partial charge in [-0.05, 0) is 25.0 Å². The topological polar surface area (TPSA) is 72.0 Å². The Morgan fingerprint density at radius 1 is 1.19 bits per heavy atom. The zero-order valence-corrected chi connectivity index (χ0v) is 14.9. The smallest absolute Gasteiger partial charge is 0.245 e. The maximum absolute atomic E-state index is 13.1. The summed E-state index contributed by atoms with van der Waals surface area (Å²) < 4.78 is 11.3. The van der Waals surface area contributed by atoms with Crippen LogP contribution in [0.15, 0.2) is 24.5 Å². The fraction of sp³-hybridized carbons (Fsp3) is 0.632. The van der Waals surface area contributed by atoms with Crippen LogP contribution in [0.25, 0.3) is 0 Å². The highest BCUT2D eigenvalue weighted by atomic mass is 16.5. The lowest BCUT2D eigenvalue weighted by atomic mass is 9.84. The lowest BCUT2D eigenvalue weighted by molar-refractivity contribution is -0.149. The van der Waals surface area contributed by atoms with Crippen molar-refractivity contribution in [3.05, 3.63) is 24.5 Å². The first-order chi connectivity index (χ1) is 12.7. The Balaban J connectivity index is 1.48. The van der Waals surface area contributed by atoms with Gasteiger partial charge in [0.1, 0.15) is 17.9 Å². The number of morpholine rings is 1. The number of likely N-dealkylation sites (tertiary alicyclic amines) is 1. The standard InChI is InChI=1S/C19H25N3O4/c23-18(14-3-1-4-14)22-13-16(26-15-5-2-6-20-12-15)11-17(22)19(24)21-7-9-25-10-8-21/h2,5-6,12,14,16-17H,1,3-4,7-11,13H2/t16-,17-/m0/s1. The van der Waals surface area contributed by atoms with Crippen LogP contribution in [-0.2, 0) is 14.3 Å². The van der Waals surface area contributed by atoms with Gasteiger partial charge in [-0.1, -0.05) is 6.42 Å². The normalized spacial score (nSPS) is 26.5. The van der Waals surface area contributed by atoms with E-state index in [1.807, 2.05) is 17.0 Å². The minimum absolute atomic E-state index is 0.0262. The molecule has 0 unspecified atom stereocenters. The third-order valence-electron chi connectivity index (χ3n) is 5.55. The molecule has 2 saturated heterocycles. The number of carbonyl (C=O) groups is 2. The molecule has 3 heterocycles. The van der Waals surface area contributed by atoms with Crippen molar-refractivity contribution < 1.29 is 19.1 Å². The zero-order valence-electron chi connectivity index (χ0n) is 14.9. The SMILES string of the molecule is O=C([C@@H]1C[C@H](Oc2cccnc2)CN1C(=O)C1CCC1)N1CCOCC1. The second-order valence-electron chi connectivity index (χ2n) is 7.24. The van der Waals surface area contributed by atoms with Crippen LogP contribution in [0.5, 0.6) is 5.75 Å². The highest BCUT2D eigenvalue weighted by Gasteiger charge is 2.45. The monoisotopic (exact) mass is 359 g/mol. The van der Waals surface area contributed by atoms with Gasteiger partial charge in [0, 0.05) is 31.6 Å². The molecule has 2 aliphatic heterocycles. The van der Waals surface area contributed by atoms with Crippen molar-refractivity contribution in [3.8, 4) is 5.75 Å². The van der Waals surface area contributed by atoms with Gasteiger partial charge in [0.05, 0.1) is 26.0 Å². The lowest BCUT2D eigenvalue weighted by Gasteiger charge is -2.35. The molecular formula is C19H25N3O4. The average Bonchev–Trinajstić information content (AvgIpc) is 3.05. The third-order valence-corrected chi connectivity index (χ3v) is 5.55. The predicted molar refractivity (Wildman–Crippen MR) is 93.5 cm³/mol. The van der Waals surface area contributed by atoms with Crippen LogP contribution in [0.1, 0.15) is 25.7 Å². The van der Waals surface area contributed by atoms with Crippen molar-refractivity contribution in [2.45, 2.75) is 37.8 Å². The molecule has 2 atom stereocenters. The van der Waals surface area contributed by atoms with Crippen LogP contribution in [-0.4, -0.2) is 71.6 Å². The second kappa shape index (κ2) is 7.61. The number of ether oxygens (including phenoxy) is 2. The van der Waals surface area contributed by atoms with Gasteiger partial charge in [0.15, 0.2) is 0 Å². The van der Waals surface area contributed by atoms with Crippen LogP contribution in [0.3, 0.4) is 0 Å². The summed E-state index contributed by atoms with van der Waals surface area (Å²) in [5.74, 6) is 0.888. The maximum Gasteiger partial charge on any atom is 0.245 e. The minimum atomic E-state index is -0.428. The summed E-state index contributed by atoms with van der Waals surface area (Å²) in [6, 6.07) is 3.24. The first kappa shape index (κ1) is 17.3. The summed E-state index contributed by atoms with van der Waals surface area (Å²) in [7, 11) is 0. The van der Waals surface area contributed by atoms with E-state index >= 15 is 0 Å². The number of hydrogen-bond acceptors (Lipinski definition) is 5. The average molecular weight is 359 g/mol. The largest absolute Gasteiger partial charge is 0.487 e. The molecule has 140 valence electrons. The van der Waals surface area contributed by atoms with Gasteiger partial charge < -0.3 is 19.3 Å². The van der Waals surface area contributed by atoms with Crippen LogP contribution >= 0.6 is 0 Å². The summed E-state index contributed by atoms with van der Waals surface area (Å²) in [6.45, 7) is 2.77. The second-order valence-corrected chi connectivity index (χ2v) is 7.24. The quantitative estimate of drug-likeness (QED) is 0.805. The summed E-state index contributed by atoms with van der Waals surface area (Å²) in [6.07, 6.45) is 6.67. The zero-order chi connectivity index (χ0) is 17.9. The first-order valence-electron chi connectivity index (χ1n) is 9.46. The summed E-state index contributed by atoms with van der Waals surface area (Å²) in [5, 5.41) is 0. The Kier molecular flexibility index (Phi) is 5.06. The van der Waals surface area contributed by atoms with E-state index in [-0.39, 0.29) is 23.8 Å². The van der Waals surface area contributed by atoms with E-state index in [4.69, 9.17) is 9.47 Å². The minimum Gasteiger partial charge on any atom is -0.487 e. The molecule has 0 aromatic carbocycles. The van der Waals surface area contributed by atoms with Crippen molar-refractivity contribution in [2.24, 2.45) is 5.92 Å². The molecule has 0 spiro atoms. The Morgan fingerprint density at radius 2 is 2.00 bits per heavy atom. The van der Waals surface area contributed by atoms with Gasteiger partial charge in [-0.3, -0.25) is 14.6 Å². The molecule has 1 aromatic rings. The van der Waals surface area contributed by atoms with Crippen molar-refractivity contribution in [2.75, 3.05) is 32.8 Å². The molecule has 7 heteroatoms. The van der Waals surface area contributed by atoms with Gasteiger partial charge in [-0.2, -0.15) is 0 Å². The fourth-order valence-corrected chi connectivity index (χ4v) is 3.85. The van der Waals surface area contributed by atoms with Crippen LogP contribution in [0.2, 0.25) is 0 Å². The summed E-state index contributed by atoms with van der Waals surface area (Å²) in [5.41, 5.74) is 0. The number of rotatable bonds is 4. The van der Waals surface area contributed by atoms with Crippen molar-refractivity contribution in [1.29, 1.82) is 0 Å². The van der Waals surface area contributed by atoms with Gasteiger partial charge in [-0.15, -0.1) is 0 Å². The van der Waals surface area contributed by atoms with E-state index in [1.54, 1.807) is 17.3 Å². The van der Waals surface area contributed by atoms with Crippen LogP contribution in [0, 0.1) is 5.92 Å². The number of hydrogen-bond donors (Lipinski definition) is 0. The molecule has 1 aromatic heterocycles. The van der Waals surface area contributed by atoms with E-state index in [0.29, 0.717) is 45.0 Å². The molecule has 4 rings (SSSR count). The van der Waals surface area contributed by atoms with Gasteiger partial charge in [0.2, 0.25) is 11.8 Å². The van der Waals surface area contributed by atoms with Crippen LogP contribution in [0.4, 0.5) is 0 Å². The molecule has 3 aliphatic rings. The molecule has 3 fully saturated rings. The molecule has 1 aliphatic carbocycles. The lowest BCUT2D eigenvalue weighted by Crippen LogP contribution is -2.52. The molecule has 0 radical (unpaired) electrons. The summed E-state index contributed by atoms with van der Waals surface area (Å²) in [4.78, 5) is 33.6. The molecule has 1 saturated carbocycles. The van der Waals surface area contributed by atoms with E-state index in [9.17, 15) is 9.59 Å². The number of nitrogens with zero attached hydrogens (tertiary/aromatic N) is 3. The fourth-order valence-electron chi connectivity index (χ4n) is 3.85. The molecule has 0 N–H and O–H groups in total. The molecule has 2 amide bonds. The number of carbonyl (C=O) groups excluding carboxylic acids is 2. The number of aromatic nitrogens is 1. The van der Waals surface area contributed by atoms with Crippen molar-refractivity contribution in [3.63, 3.8) is 0 Å². The van der Waals surface area contributed by atoms with E-state index in [2.05, 4.69) is 4.98 Å². The van der Waals surface area contributed by atoms with E-state index in [0.717, 1.165) is 19.3 Å². The van der Waals surface area contributed by atoms with E-state index < -0.39 is 6.04 Å². The Labute approximate surface area is 153 Å². The Hall–Kier alpha value is -2.15. The van der Waals surface area contributed by atoms with E-state index in [1.165, 1.54) is 0 Å². The summed E-state index contributed by atoms with van der Waals surface area (Å²) >= 11 is 0. The highest BCUT2D eigenvalue weighted by Crippen LogP contribution is 2.32. The Bertz CT molecular complexity index is 643. The van der Waals surface area contributed by atoms with Crippen LogP contribution < -0.4 is 4.74 Å². The molecular weight excluding hydrogens is 334 g/mol. The van der Waals surface area contributed by atoms with Gasteiger partial charge >= 0.3 is 0 Å². The first-order valence-corrected chi connectivity index (χ1v) is 9.46. The highest BCUT2D eigenvalue weighted by molar-refractivity contribution is 5.89. The number of pyridine rings is 1. The molecule has 7 nitrogen and oxygen atoms in total. The van der Waals surface area contributed by atoms with Gasteiger partial charge in [-0.25, -0.2) is 0 Å². The third kappa shape index (κ3) is 3.53. The Morgan fingerprint density at radius 3 is 2.65 bits per heavy atom. The maximum atomic E-state index is 13.1. The van der Waals surface area contributed by atoms with Crippen molar-refractivity contribution in [1.82, 2.24) is 14.8 Å². The predicted octanol–water partition coefficient (Wildman–Crippen LogP) is 1.09.